The maximum Gasteiger partial charge on any atom is 0.319 e. The second-order valence-corrected chi connectivity index (χ2v) is 5.97. The van der Waals surface area contributed by atoms with Crippen LogP contribution in [-0.2, 0) is 11.3 Å². The first-order chi connectivity index (χ1) is 12.6. The lowest BCUT2D eigenvalue weighted by Crippen LogP contribution is -2.28. The van der Waals surface area contributed by atoms with Crippen LogP contribution in [0.1, 0.15) is 18.4 Å². The van der Waals surface area contributed by atoms with E-state index in [4.69, 9.17) is 4.74 Å². The monoisotopic (exact) mass is 357 g/mol. The predicted molar refractivity (Wildman–Crippen MR) is 96.8 cm³/mol. The molecule has 0 atom stereocenters. The fourth-order valence-electron chi connectivity index (χ4n) is 2.89. The van der Waals surface area contributed by atoms with Crippen LogP contribution in [0.2, 0.25) is 0 Å². The number of halogens is 1. The van der Waals surface area contributed by atoms with E-state index in [0.29, 0.717) is 35.7 Å². The first-order valence-electron chi connectivity index (χ1n) is 8.34. The molecule has 2 aromatic carbocycles. The minimum absolute atomic E-state index is 0.0665. The van der Waals surface area contributed by atoms with E-state index in [1.165, 1.54) is 19.2 Å². The van der Waals surface area contributed by atoms with Gasteiger partial charge in [0.15, 0.2) is 0 Å². The van der Waals surface area contributed by atoms with Crippen molar-refractivity contribution in [1.82, 2.24) is 5.32 Å². The molecule has 0 aromatic heterocycles. The smallest absolute Gasteiger partial charge is 0.319 e. The van der Waals surface area contributed by atoms with Crippen molar-refractivity contribution in [2.45, 2.75) is 19.4 Å². The number of urea groups is 1. The van der Waals surface area contributed by atoms with Crippen LogP contribution in [0.4, 0.5) is 20.6 Å². The molecule has 0 bridgehead atoms. The molecule has 1 heterocycles. The van der Waals surface area contributed by atoms with Crippen molar-refractivity contribution in [1.29, 1.82) is 0 Å². The van der Waals surface area contributed by atoms with Crippen LogP contribution in [0.25, 0.3) is 0 Å². The van der Waals surface area contributed by atoms with Gasteiger partial charge in [0.25, 0.3) is 0 Å². The Kier molecular flexibility index (Phi) is 5.36. The first kappa shape index (κ1) is 17.7. The van der Waals surface area contributed by atoms with Gasteiger partial charge in [-0.1, -0.05) is 12.1 Å². The zero-order valence-electron chi connectivity index (χ0n) is 14.4. The zero-order valence-corrected chi connectivity index (χ0v) is 14.4. The molecule has 0 aliphatic carbocycles. The summed E-state index contributed by atoms with van der Waals surface area (Å²) in [5, 5.41) is 5.37. The highest BCUT2D eigenvalue weighted by molar-refractivity contribution is 5.97. The molecule has 3 amide bonds. The average Bonchev–Trinajstić information content (AvgIpc) is 3.06. The molecule has 1 fully saturated rings. The average molecular weight is 357 g/mol. The van der Waals surface area contributed by atoms with E-state index in [2.05, 4.69) is 10.6 Å². The van der Waals surface area contributed by atoms with E-state index in [9.17, 15) is 14.0 Å². The molecule has 1 saturated heterocycles. The fraction of sp³-hybridized carbons (Fsp3) is 0.263. The summed E-state index contributed by atoms with van der Waals surface area (Å²) in [6, 6.07) is 10.8. The fourth-order valence-corrected chi connectivity index (χ4v) is 2.89. The minimum atomic E-state index is -0.415. The molecule has 1 aliphatic heterocycles. The summed E-state index contributed by atoms with van der Waals surface area (Å²) in [5.74, 6) is 0.238. The summed E-state index contributed by atoms with van der Waals surface area (Å²) in [6.45, 7) is 0.872. The van der Waals surface area contributed by atoms with Crippen LogP contribution < -0.4 is 20.3 Å². The van der Waals surface area contributed by atoms with Gasteiger partial charge in [0.2, 0.25) is 5.91 Å². The summed E-state index contributed by atoms with van der Waals surface area (Å²) >= 11 is 0. The Labute approximate surface area is 150 Å². The van der Waals surface area contributed by atoms with Crippen LogP contribution in [0.3, 0.4) is 0 Å². The molecule has 6 nitrogen and oxygen atoms in total. The molecule has 0 spiro atoms. The zero-order chi connectivity index (χ0) is 18.5. The Bertz CT molecular complexity index is 825. The van der Waals surface area contributed by atoms with Crippen LogP contribution in [-0.4, -0.2) is 25.6 Å². The molecule has 1 aliphatic rings. The van der Waals surface area contributed by atoms with Crippen molar-refractivity contribution in [3.8, 4) is 5.75 Å². The topological polar surface area (TPSA) is 70.7 Å². The number of nitrogens with one attached hydrogen (secondary N) is 2. The number of carbonyl (C=O) groups is 2. The van der Waals surface area contributed by atoms with E-state index >= 15 is 0 Å². The Morgan fingerprint density at radius 1 is 1.27 bits per heavy atom. The molecular weight excluding hydrogens is 337 g/mol. The van der Waals surface area contributed by atoms with E-state index in [1.807, 2.05) is 0 Å². The SMILES string of the molecule is COc1cc(NC(=O)NCc2cccc(F)c2)ccc1N1CCCC1=O. The number of carbonyl (C=O) groups excluding carboxylic acids is 2. The number of hydrogen-bond donors (Lipinski definition) is 2. The first-order valence-corrected chi connectivity index (χ1v) is 8.34. The van der Waals surface area contributed by atoms with Gasteiger partial charge in [-0.3, -0.25) is 4.79 Å². The van der Waals surface area contributed by atoms with Crippen molar-refractivity contribution in [3.63, 3.8) is 0 Å². The quantitative estimate of drug-likeness (QED) is 0.863. The molecule has 136 valence electrons. The lowest BCUT2D eigenvalue weighted by Gasteiger charge is -2.19. The third-order valence-electron chi connectivity index (χ3n) is 4.14. The molecule has 3 rings (SSSR count). The van der Waals surface area contributed by atoms with Gasteiger partial charge in [-0.2, -0.15) is 0 Å². The van der Waals surface area contributed by atoms with E-state index in [-0.39, 0.29) is 18.3 Å². The number of amides is 3. The maximum atomic E-state index is 13.1. The van der Waals surface area contributed by atoms with Gasteiger partial charge in [-0.05, 0) is 36.2 Å². The highest BCUT2D eigenvalue weighted by Gasteiger charge is 2.24. The highest BCUT2D eigenvalue weighted by Crippen LogP contribution is 2.33. The third-order valence-corrected chi connectivity index (χ3v) is 4.14. The van der Waals surface area contributed by atoms with Crippen LogP contribution in [0, 0.1) is 5.82 Å². The summed E-state index contributed by atoms with van der Waals surface area (Å²) < 4.78 is 18.5. The second kappa shape index (κ2) is 7.86. The summed E-state index contributed by atoms with van der Waals surface area (Å²) in [7, 11) is 1.52. The van der Waals surface area contributed by atoms with Gasteiger partial charge >= 0.3 is 6.03 Å². The van der Waals surface area contributed by atoms with Crippen molar-refractivity contribution in [2.75, 3.05) is 23.9 Å². The number of anilines is 2. The number of methoxy groups -OCH3 is 1. The molecule has 2 aromatic rings. The molecule has 0 saturated carbocycles. The van der Waals surface area contributed by atoms with Crippen molar-refractivity contribution >= 4 is 23.3 Å². The Morgan fingerprint density at radius 2 is 2.12 bits per heavy atom. The van der Waals surface area contributed by atoms with E-state index < -0.39 is 6.03 Å². The van der Waals surface area contributed by atoms with Crippen LogP contribution in [0.5, 0.6) is 5.75 Å². The van der Waals surface area contributed by atoms with Crippen molar-refractivity contribution in [3.05, 3.63) is 53.8 Å². The molecule has 26 heavy (non-hydrogen) atoms. The maximum absolute atomic E-state index is 13.1. The Balaban J connectivity index is 1.64. The number of nitrogens with zero attached hydrogens (tertiary/aromatic N) is 1. The lowest BCUT2D eigenvalue weighted by molar-refractivity contribution is -0.117. The molecule has 0 unspecified atom stereocenters. The minimum Gasteiger partial charge on any atom is -0.494 e. The van der Waals surface area contributed by atoms with Gasteiger partial charge in [0.1, 0.15) is 11.6 Å². The summed E-state index contributed by atoms with van der Waals surface area (Å²) in [4.78, 5) is 25.6. The van der Waals surface area contributed by atoms with Gasteiger partial charge in [0, 0.05) is 31.3 Å². The number of ether oxygens (including phenoxy) is 1. The predicted octanol–water partition coefficient (Wildman–Crippen LogP) is 3.28. The number of benzene rings is 2. The van der Waals surface area contributed by atoms with Gasteiger partial charge in [-0.15, -0.1) is 0 Å². The summed E-state index contributed by atoms with van der Waals surface area (Å²) in [5.41, 5.74) is 1.90. The van der Waals surface area contributed by atoms with Gasteiger partial charge < -0.3 is 20.3 Å². The van der Waals surface area contributed by atoms with Crippen molar-refractivity contribution in [2.24, 2.45) is 0 Å². The van der Waals surface area contributed by atoms with E-state index in [1.54, 1.807) is 35.2 Å². The van der Waals surface area contributed by atoms with Crippen molar-refractivity contribution < 1.29 is 18.7 Å². The lowest BCUT2D eigenvalue weighted by atomic mass is 10.2. The van der Waals surface area contributed by atoms with Gasteiger partial charge in [-0.25, -0.2) is 9.18 Å². The number of hydrogen-bond acceptors (Lipinski definition) is 3. The largest absolute Gasteiger partial charge is 0.494 e. The second-order valence-electron chi connectivity index (χ2n) is 5.97. The van der Waals surface area contributed by atoms with Crippen LogP contribution in [0.15, 0.2) is 42.5 Å². The standard InChI is InChI=1S/C19H20FN3O3/c1-26-17-11-15(7-8-16(17)23-9-3-6-18(23)24)22-19(25)21-12-13-4-2-5-14(20)10-13/h2,4-5,7-8,10-11H,3,6,9,12H2,1H3,(H2,21,22,25). The molecular formula is C19H20FN3O3. The summed E-state index contributed by atoms with van der Waals surface area (Å²) in [6.07, 6.45) is 1.36. The Hall–Kier alpha value is -3.09. The highest BCUT2D eigenvalue weighted by atomic mass is 19.1. The molecule has 7 heteroatoms. The Morgan fingerprint density at radius 3 is 2.81 bits per heavy atom. The van der Waals surface area contributed by atoms with E-state index in [0.717, 1.165) is 6.42 Å². The number of rotatable bonds is 5. The normalized spacial score (nSPS) is 13.6. The van der Waals surface area contributed by atoms with Gasteiger partial charge in [0.05, 0.1) is 12.8 Å². The van der Waals surface area contributed by atoms with Crippen LogP contribution >= 0.6 is 0 Å². The molecule has 2 N–H and O–H groups in total. The molecule has 0 radical (unpaired) electrons. The third kappa shape index (κ3) is 4.11.